The summed E-state index contributed by atoms with van der Waals surface area (Å²) in [5.41, 5.74) is 0.137. The lowest BCUT2D eigenvalue weighted by Crippen LogP contribution is -2.38. The third kappa shape index (κ3) is 1.76. The summed E-state index contributed by atoms with van der Waals surface area (Å²) in [6.07, 6.45) is -0.0702. The molecule has 0 bridgehead atoms. The monoisotopic (exact) mass is 240 g/mol. The predicted molar refractivity (Wildman–Crippen MR) is 56.1 cm³/mol. The molecule has 17 heavy (non-hydrogen) atoms. The van der Waals surface area contributed by atoms with Gasteiger partial charge in [-0.15, -0.1) is 0 Å². The van der Waals surface area contributed by atoms with Gasteiger partial charge in [0.2, 0.25) is 5.79 Å². The molecule has 0 saturated heterocycles. The number of rotatable bonds is 1. The third-order valence-corrected chi connectivity index (χ3v) is 2.56. The Hall–Kier alpha value is -1.95. The third-order valence-electron chi connectivity index (χ3n) is 2.56. The molecule has 0 spiro atoms. The van der Waals surface area contributed by atoms with Crippen LogP contribution in [0, 0.1) is 0 Å². The van der Waals surface area contributed by atoms with E-state index in [1.54, 1.807) is 0 Å². The van der Waals surface area contributed by atoms with Crippen molar-refractivity contribution in [1.82, 2.24) is 0 Å². The van der Waals surface area contributed by atoms with Crippen molar-refractivity contribution in [3.63, 3.8) is 0 Å². The van der Waals surface area contributed by atoms with E-state index in [0.29, 0.717) is 0 Å². The van der Waals surface area contributed by atoms with Gasteiger partial charge < -0.3 is 24.8 Å². The van der Waals surface area contributed by atoms with Gasteiger partial charge in [0.1, 0.15) is 11.3 Å². The summed E-state index contributed by atoms with van der Waals surface area (Å²) in [5, 5.41) is 28.9. The van der Waals surface area contributed by atoms with Crippen LogP contribution >= 0.6 is 0 Å². The molecule has 1 aliphatic rings. The fourth-order valence-electron chi connectivity index (χ4n) is 1.93. The van der Waals surface area contributed by atoms with Crippen LogP contribution in [0.15, 0.2) is 6.07 Å². The van der Waals surface area contributed by atoms with Crippen molar-refractivity contribution < 1.29 is 29.6 Å². The van der Waals surface area contributed by atoms with Crippen molar-refractivity contribution in [2.24, 2.45) is 0 Å². The van der Waals surface area contributed by atoms with Gasteiger partial charge in [-0.1, -0.05) is 0 Å². The molecule has 3 N–H and O–H groups in total. The summed E-state index contributed by atoms with van der Waals surface area (Å²) < 4.78 is 9.70. The first-order valence-electron chi connectivity index (χ1n) is 4.93. The van der Waals surface area contributed by atoms with Crippen molar-refractivity contribution in [3.05, 3.63) is 17.2 Å². The number of carbonyl (C=O) groups is 1. The number of aromatic hydroxyl groups is 2. The highest BCUT2D eigenvalue weighted by Crippen LogP contribution is 2.43. The molecule has 1 aromatic rings. The van der Waals surface area contributed by atoms with Gasteiger partial charge >= 0.3 is 5.97 Å². The minimum Gasteiger partial charge on any atom is -0.507 e. The van der Waals surface area contributed by atoms with Crippen LogP contribution in [0.2, 0.25) is 0 Å². The van der Waals surface area contributed by atoms with E-state index in [0.717, 1.165) is 6.07 Å². The van der Waals surface area contributed by atoms with Gasteiger partial charge in [0.25, 0.3) is 0 Å². The fraction of sp³-hybridized carbons (Fsp3) is 0.364. The molecule has 0 saturated carbocycles. The maximum Gasteiger partial charge on any atom is 0.344 e. The largest absolute Gasteiger partial charge is 0.507 e. The molecule has 6 nitrogen and oxygen atoms in total. The summed E-state index contributed by atoms with van der Waals surface area (Å²) in [5.74, 6) is -3.19. The second-order valence-corrected chi connectivity index (χ2v) is 4.04. The Bertz CT molecular complexity index is 491. The van der Waals surface area contributed by atoms with Crippen LogP contribution in [-0.4, -0.2) is 34.2 Å². The van der Waals surface area contributed by atoms with Crippen LogP contribution < -0.4 is 4.74 Å². The standard InChI is InChI=1S/C11H12O6/c1-11(15)4-5-8(10(14)17-11)6(12)3-7(13)9(5)16-2/h3,12-13,15H,4H2,1-2H3/t11-/m0/s1. The normalized spacial score (nSPS) is 22.9. The number of phenolic OH excluding ortho intramolecular Hbond substituents is 2. The smallest absolute Gasteiger partial charge is 0.344 e. The Labute approximate surface area is 97.0 Å². The lowest BCUT2D eigenvalue weighted by Gasteiger charge is -2.30. The summed E-state index contributed by atoms with van der Waals surface area (Å²) >= 11 is 0. The molecule has 2 rings (SSSR count). The maximum atomic E-state index is 11.6. The second-order valence-electron chi connectivity index (χ2n) is 4.04. The first-order chi connectivity index (χ1) is 7.85. The zero-order valence-corrected chi connectivity index (χ0v) is 9.35. The highest BCUT2D eigenvalue weighted by molar-refractivity contribution is 5.96. The Morgan fingerprint density at radius 2 is 2.06 bits per heavy atom. The molecule has 0 aromatic heterocycles. The quantitative estimate of drug-likeness (QED) is 0.619. The first-order valence-corrected chi connectivity index (χ1v) is 4.93. The number of ether oxygens (including phenoxy) is 2. The molecule has 0 fully saturated rings. The zero-order chi connectivity index (χ0) is 12.8. The summed E-state index contributed by atoms with van der Waals surface area (Å²) in [6, 6.07) is 0.999. The Kier molecular flexibility index (Phi) is 2.39. The molecule has 1 atom stereocenters. The van der Waals surface area contributed by atoms with Gasteiger partial charge in [-0.3, -0.25) is 0 Å². The van der Waals surface area contributed by atoms with Gasteiger partial charge in [0.15, 0.2) is 11.5 Å². The van der Waals surface area contributed by atoms with E-state index in [2.05, 4.69) is 0 Å². The van der Waals surface area contributed by atoms with Crippen molar-refractivity contribution in [2.75, 3.05) is 7.11 Å². The van der Waals surface area contributed by atoms with Crippen LogP contribution in [0.3, 0.4) is 0 Å². The molecule has 1 aliphatic heterocycles. The summed E-state index contributed by atoms with van der Waals surface area (Å²) in [4.78, 5) is 11.6. The molecular formula is C11H12O6. The number of cyclic esters (lactones) is 1. The molecule has 0 amide bonds. The van der Waals surface area contributed by atoms with Crippen LogP contribution in [0.1, 0.15) is 22.8 Å². The fourth-order valence-corrected chi connectivity index (χ4v) is 1.93. The number of methoxy groups -OCH3 is 1. The lowest BCUT2D eigenvalue weighted by molar-refractivity contribution is -0.155. The van der Waals surface area contributed by atoms with E-state index in [9.17, 15) is 20.1 Å². The number of benzene rings is 1. The Balaban J connectivity index is 2.71. The van der Waals surface area contributed by atoms with Crippen molar-refractivity contribution >= 4 is 5.97 Å². The number of phenols is 2. The van der Waals surface area contributed by atoms with Crippen LogP contribution in [0.5, 0.6) is 17.2 Å². The van der Waals surface area contributed by atoms with Gasteiger partial charge in [0, 0.05) is 25.0 Å². The molecule has 1 heterocycles. The number of esters is 1. The first kappa shape index (κ1) is 11.5. The molecule has 0 unspecified atom stereocenters. The highest BCUT2D eigenvalue weighted by atomic mass is 16.7. The lowest BCUT2D eigenvalue weighted by atomic mass is 9.95. The van der Waals surface area contributed by atoms with E-state index in [1.807, 2.05) is 0 Å². The van der Waals surface area contributed by atoms with Gasteiger partial charge in [-0.25, -0.2) is 4.79 Å². The van der Waals surface area contributed by atoms with Gasteiger partial charge in [-0.05, 0) is 0 Å². The number of carbonyl (C=O) groups excluding carboxylic acids is 1. The molecule has 1 aromatic carbocycles. The SMILES string of the molecule is COc1c(O)cc(O)c2c1C[C@@](C)(O)OC2=O. The number of hydrogen-bond donors (Lipinski definition) is 3. The van der Waals surface area contributed by atoms with Crippen molar-refractivity contribution in [1.29, 1.82) is 0 Å². The summed E-state index contributed by atoms with van der Waals surface area (Å²) in [6.45, 7) is 1.31. The molecule has 6 heteroatoms. The predicted octanol–water partition coefficient (Wildman–Crippen LogP) is 0.528. The second kappa shape index (κ2) is 3.53. The molecule has 0 aliphatic carbocycles. The topological polar surface area (TPSA) is 96.2 Å². The minimum absolute atomic E-state index is 0.0507. The number of fused-ring (bicyclic) bond motifs is 1. The van der Waals surface area contributed by atoms with E-state index in [1.165, 1.54) is 14.0 Å². The Morgan fingerprint density at radius 1 is 1.41 bits per heavy atom. The number of aliphatic hydroxyl groups is 1. The Morgan fingerprint density at radius 3 is 2.65 bits per heavy atom. The van der Waals surface area contributed by atoms with Gasteiger partial charge in [0.05, 0.1) is 7.11 Å². The molecule has 0 radical (unpaired) electrons. The average molecular weight is 240 g/mol. The average Bonchev–Trinajstić information content (AvgIpc) is 2.14. The number of hydrogen-bond acceptors (Lipinski definition) is 6. The molecular weight excluding hydrogens is 228 g/mol. The van der Waals surface area contributed by atoms with E-state index < -0.39 is 17.5 Å². The summed E-state index contributed by atoms with van der Waals surface area (Å²) in [7, 11) is 1.32. The zero-order valence-electron chi connectivity index (χ0n) is 9.35. The minimum atomic E-state index is -1.68. The van der Waals surface area contributed by atoms with Crippen molar-refractivity contribution in [3.8, 4) is 17.2 Å². The van der Waals surface area contributed by atoms with Crippen LogP contribution in [-0.2, 0) is 11.2 Å². The highest BCUT2D eigenvalue weighted by Gasteiger charge is 2.39. The van der Waals surface area contributed by atoms with Crippen LogP contribution in [0.25, 0.3) is 0 Å². The van der Waals surface area contributed by atoms with Crippen LogP contribution in [0.4, 0.5) is 0 Å². The van der Waals surface area contributed by atoms with E-state index in [4.69, 9.17) is 9.47 Å². The molecule has 92 valence electrons. The van der Waals surface area contributed by atoms with E-state index >= 15 is 0 Å². The van der Waals surface area contributed by atoms with E-state index in [-0.39, 0.29) is 29.0 Å². The van der Waals surface area contributed by atoms with Gasteiger partial charge in [-0.2, -0.15) is 0 Å². The maximum absolute atomic E-state index is 11.6. The van der Waals surface area contributed by atoms with Crippen molar-refractivity contribution in [2.45, 2.75) is 19.1 Å².